The van der Waals surface area contributed by atoms with Crippen LogP contribution in [0.5, 0.6) is 0 Å². The number of non-ortho nitro benzene ring substituents is 1. The number of rotatable bonds is 4. The monoisotopic (exact) mass is 302 g/mol. The SMILES string of the molecule is Cc1cc(NCC2CNCCO2)c2cc([N+](=O)[O-])ccc2n1. The minimum Gasteiger partial charge on any atom is -0.382 e. The molecule has 116 valence electrons. The number of nitrogens with zero attached hydrogens (tertiary/aromatic N) is 2. The van der Waals surface area contributed by atoms with Crippen molar-refractivity contribution >= 4 is 22.3 Å². The molecule has 1 saturated heterocycles. The molecule has 22 heavy (non-hydrogen) atoms. The van der Waals surface area contributed by atoms with E-state index in [2.05, 4.69) is 15.6 Å². The molecule has 1 aliphatic rings. The minimum atomic E-state index is -0.392. The van der Waals surface area contributed by atoms with Gasteiger partial charge in [0.1, 0.15) is 0 Å². The Labute approximate surface area is 127 Å². The van der Waals surface area contributed by atoms with Crippen molar-refractivity contribution in [2.24, 2.45) is 0 Å². The standard InChI is InChI=1S/C15H18N4O3/c1-10-6-15(17-9-12-8-16-4-5-22-12)13-7-11(19(20)21)2-3-14(13)18-10/h2-3,6-7,12,16H,4-5,8-9H2,1H3,(H,17,18). The highest BCUT2D eigenvalue weighted by Gasteiger charge is 2.15. The van der Waals surface area contributed by atoms with Crippen LogP contribution in [0.1, 0.15) is 5.69 Å². The van der Waals surface area contributed by atoms with Gasteiger partial charge in [-0.3, -0.25) is 15.1 Å². The quantitative estimate of drug-likeness (QED) is 0.662. The maximum Gasteiger partial charge on any atom is 0.270 e. The van der Waals surface area contributed by atoms with Crippen LogP contribution in [-0.2, 0) is 4.74 Å². The third kappa shape index (κ3) is 3.15. The lowest BCUT2D eigenvalue weighted by molar-refractivity contribution is -0.384. The van der Waals surface area contributed by atoms with Crippen molar-refractivity contribution in [2.45, 2.75) is 13.0 Å². The Morgan fingerprint density at radius 1 is 1.50 bits per heavy atom. The summed E-state index contributed by atoms with van der Waals surface area (Å²) < 4.78 is 5.66. The summed E-state index contributed by atoms with van der Waals surface area (Å²) in [7, 11) is 0. The molecular weight excluding hydrogens is 284 g/mol. The molecule has 1 atom stereocenters. The van der Waals surface area contributed by atoms with Crippen LogP contribution in [0, 0.1) is 17.0 Å². The average molecular weight is 302 g/mol. The van der Waals surface area contributed by atoms with Crippen LogP contribution in [-0.4, -0.2) is 42.3 Å². The van der Waals surface area contributed by atoms with Crippen molar-refractivity contribution in [1.29, 1.82) is 0 Å². The topological polar surface area (TPSA) is 89.3 Å². The van der Waals surface area contributed by atoms with E-state index in [1.807, 2.05) is 13.0 Å². The Bertz CT molecular complexity index is 698. The zero-order valence-electron chi connectivity index (χ0n) is 12.3. The third-order valence-electron chi connectivity index (χ3n) is 3.66. The summed E-state index contributed by atoms with van der Waals surface area (Å²) in [5.41, 5.74) is 2.53. The minimum absolute atomic E-state index is 0.0665. The van der Waals surface area contributed by atoms with E-state index in [1.54, 1.807) is 12.1 Å². The van der Waals surface area contributed by atoms with Crippen molar-refractivity contribution in [3.8, 4) is 0 Å². The van der Waals surface area contributed by atoms with Crippen molar-refractivity contribution < 1.29 is 9.66 Å². The molecule has 1 unspecified atom stereocenters. The van der Waals surface area contributed by atoms with Gasteiger partial charge in [0.25, 0.3) is 5.69 Å². The molecule has 0 amide bonds. The summed E-state index contributed by atoms with van der Waals surface area (Å²) in [6.07, 6.45) is 0.0935. The van der Waals surface area contributed by atoms with Crippen LogP contribution >= 0.6 is 0 Å². The van der Waals surface area contributed by atoms with Gasteiger partial charge in [0, 0.05) is 48.5 Å². The molecule has 2 aromatic rings. The van der Waals surface area contributed by atoms with Gasteiger partial charge in [-0.05, 0) is 19.1 Å². The first-order valence-electron chi connectivity index (χ1n) is 7.25. The predicted octanol–water partition coefficient (Wildman–Crippen LogP) is 1.85. The van der Waals surface area contributed by atoms with Gasteiger partial charge >= 0.3 is 0 Å². The molecule has 0 bridgehead atoms. The van der Waals surface area contributed by atoms with Gasteiger partial charge < -0.3 is 15.4 Å². The number of fused-ring (bicyclic) bond motifs is 1. The smallest absolute Gasteiger partial charge is 0.270 e. The number of benzene rings is 1. The van der Waals surface area contributed by atoms with Gasteiger partial charge in [-0.1, -0.05) is 0 Å². The van der Waals surface area contributed by atoms with Crippen LogP contribution in [0.2, 0.25) is 0 Å². The largest absolute Gasteiger partial charge is 0.382 e. The lowest BCUT2D eigenvalue weighted by Crippen LogP contribution is -2.42. The van der Waals surface area contributed by atoms with Crippen molar-refractivity contribution in [3.05, 3.63) is 40.1 Å². The molecule has 0 spiro atoms. The molecule has 2 N–H and O–H groups in total. The summed E-state index contributed by atoms with van der Waals surface area (Å²) in [4.78, 5) is 15.0. The number of morpholine rings is 1. The lowest BCUT2D eigenvalue weighted by atomic mass is 10.1. The van der Waals surface area contributed by atoms with Gasteiger partial charge in [-0.15, -0.1) is 0 Å². The Balaban J connectivity index is 1.88. The molecule has 0 radical (unpaired) electrons. The van der Waals surface area contributed by atoms with Gasteiger partial charge in [0.2, 0.25) is 0 Å². The zero-order chi connectivity index (χ0) is 15.5. The number of pyridine rings is 1. The first kappa shape index (κ1) is 14.7. The predicted molar refractivity (Wildman–Crippen MR) is 84.2 cm³/mol. The second kappa shape index (κ2) is 6.25. The number of hydrogen-bond acceptors (Lipinski definition) is 6. The van der Waals surface area contributed by atoms with E-state index in [4.69, 9.17) is 4.74 Å². The number of nitro benzene ring substituents is 1. The van der Waals surface area contributed by atoms with Gasteiger partial charge in [0.05, 0.1) is 23.2 Å². The normalized spacial score (nSPS) is 18.3. The van der Waals surface area contributed by atoms with Crippen LogP contribution < -0.4 is 10.6 Å². The van der Waals surface area contributed by atoms with Crippen molar-refractivity contribution in [1.82, 2.24) is 10.3 Å². The molecule has 1 aromatic heterocycles. The number of nitro groups is 1. The summed E-state index contributed by atoms with van der Waals surface area (Å²) in [5.74, 6) is 0. The maximum absolute atomic E-state index is 11.0. The van der Waals surface area contributed by atoms with E-state index in [-0.39, 0.29) is 11.8 Å². The fourth-order valence-electron chi connectivity index (χ4n) is 2.58. The Morgan fingerprint density at radius 3 is 3.09 bits per heavy atom. The summed E-state index contributed by atoms with van der Waals surface area (Å²) in [6, 6.07) is 6.63. The fraction of sp³-hybridized carbons (Fsp3) is 0.400. The molecule has 3 rings (SSSR count). The fourth-order valence-corrected chi connectivity index (χ4v) is 2.58. The van der Waals surface area contributed by atoms with Crippen LogP contribution in [0.25, 0.3) is 10.9 Å². The highest BCUT2D eigenvalue weighted by molar-refractivity contribution is 5.93. The van der Waals surface area contributed by atoms with E-state index < -0.39 is 4.92 Å². The van der Waals surface area contributed by atoms with Gasteiger partial charge in [0.15, 0.2) is 0 Å². The molecule has 1 aromatic carbocycles. The van der Waals surface area contributed by atoms with E-state index in [1.165, 1.54) is 6.07 Å². The van der Waals surface area contributed by atoms with Crippen molar-refractivity contribution in [2.75, 3.05) is 31.6 Å². The Kier molecular flexibility index (Phi) is 4.17. The number of aryl methyl sites for hydroxylation is 1. The summed E-state index contributed by atoms with van der Waals surface area (Å²) in [6.45, 7) is 4.93. The van der Waals surface area contributed by atoms with E-state index in [9.17, 15) is 10.1 Å². The molecular formula is C15H18N4O3. The number of ether oxygens (including phenoxy) is 1. The molecule has 7 nitrogen and oxygen atoms in total. The second-order valence-corrected chi connectivity index (χ2v) is 5.35. The van der Waals surface area contributed by atoms with Crippen LogP contribution in [0.15, 0.2) is 24.3 Å². The molecule has 1 aliphatic heterocycles. The molecule has 2 heterocycles. The Hall–Kier alpha value is -2.25. The first-order valence-corrected chi connectivity index (χ1v) is 7.25. The Morgan fingerprint density at radius 2 is 2.36 bits per heavy atom. The van der Waals surface area contributed by atoms with Crippen LogP contribution in [0.3, 0.4) is 0 Å². The molecule has 1 fully saturated rings. The highest BCUT2D eigenvalue weighted by atomic mass is 16.6. The van der Waals surface area contributed by atoms with E-state index in [0.29, 0.717) is 13.2 Å². The number of anilines is 1. The van der Waals surface area contributed by atoms with E-state index >= 15 is 0 Å². The molecule has 7 heteroatoms. The molecule has 0 aliphatic carbocycles. The second-order valence-electron chi connectivity index (χ2n) is 5.35. The van der Waals surface area contributed by atoms with E-state index in [0.717, 1.165) is 35.4 Å². The van der Waals surface area contributed by atoms with Gasteiger partial charge in [-0.2, -0.15) is 0 Å². The maximum atomic E-state index is 11.0. The summed E-state index contributed by atoms with van der Waals surface area (Å²) in [5, 5.41) is 18.3. The number of aromatic nitrogens is 1. The number of hydrogen-bond donors (Lipinski definition) is 2. The first-order chi connectivity index (χ1) is 10.6. The highest BCUT2D eigenvalue weighted by Crippen LogP contribution is 2.27. The van der Waals surface area contributed by atoms with Gasteiger partial charge in [-0.25, -0.2) is 0 Å². The van der Waals surface area contributed by atoms with Crippen molar-refractivity contribution in [3.63, 3.8) is 0 Å². The average Bonchev–Trinajstić information content (AvgIpc) is 2.53. The number of nitrogens with one attached hydrogen (secondary N) is 2. The van der Waals surface area contributed by atoms with Crippen LogP contribution in [0.4, 0.5) is 11.4 Å². The zero-order valence-corrected chi connectivity index (χ0v) is 12.3. The summed E-state index contributed by atoms with van der Waals surface area (Å²) >= 11 is 0. The third-order valence-corrected chi connectivity index (χ3v) is 3.66. The molecule has 0 saturated carbocycles. The lowest BCUT2D eigenvalue weighted by Gasteiger charge is -2.24.